The first-order chi connectivity index (χ1) is 8.53. The zero-order valence-corrected chi connectivity index (χ0v) is 12.6. The van der Waals surface area contributed by atoms with Crippen molar-refractivity contribution in [2.75, 3.05) is 13.1 Å². The van der Waals surface area contributed by atoms with Crippen LogP contribution in [0.5, 0.6) is 0 Å². The Morgan fingerprint density at radius 3 is 2.72 bits per heavy atom. The normalized spacial score (nSPS) is 12.4. The lowest BCUT2D eigenvalue weighted by atomic mass is 10.3. The molecule has 0 amide bonds. The maximum Gasteiger partial charge on any atom is 0.153 e. The van der Waals surface area contributed by atoms with E-state index in [1.165, 1.54) is 0 Å². The van der Waals surface area contributed by atoms with Crippen LogP contribution in [0, 0.1) is 6.92 Å². The summed E-state index contributed by atoms with van der Waals surface area (Å²) in [5.74, 6) is 0.215. The molecule has 0 bridgehead atoms. The molecule has 6 nitrogen and oxygen atoms in total. The predicted octanol–water partition coefficient (Wildman–Crippen LogP) is 1.54. The minimum absolute atomic E-state index is 0.215. The maximum atomic E-state index is 8.61. The second kappa shape index (κ2) is 6.75. The first-order valence-corrected chi connectivity index (χ1v) is 6.73. The molecule has 0 fully saturated rings. The second-order valence-corrected chi connectivity index (χ2v) is 4.85. The van der Waals surface area contributed by atoms with E-state index in [1.54, 1.807) is 0 Å². The molecule has 7 heteroatoms. The number of likely N-dealkylation sites (N-methyl/N-ethyl adjacent to an activating group) is 1. The molecule has 0 saturated carbocycles. The van der Waals surface area contributed by atoms with Crippen molar-refractivity contribution in [2.45, 2.75) is 33.9 Å². The Morgan fingerprint density at radius 1 is 1.56 bits per heavy atom. The predicted molar refractivity (Wildman–Crippen MR) is 74.7 cm³/mol. The standard InChI is InChI=1S/C11H20BrN5O/c1-4-16(7-10(13)15-18)6-9-11(12)8(3)14-17(9)5-2/h18H,4-7H2,1-3H3,(H2,13,15). The van der Waals surface area contributed by atoms with E-state index in [0.717, 1.165) is 29.0 Å². The minimum atomic E-state index is 0.215. The van der Waals surface area contributed by atoms with E-state index in [4.69, 9.17) is 10.9 Å². The number of nitrogens with two attached hydrogens (primary N) is 1. The third-order valence-corrected chi connectivity index (χ3v) is 3.82. The molecule has 0 spiro atoms. The van der Waals surface area contributed by atoms with Crippen LogP contribution in [-0.4, -0.2) is 38.8 Å². The molecule has 1 aromatic rings. The average molecular weight is 318 g/mol. The molecule has 1 heterocycles. The lowest BCUT2D eigenvalue weighted by molar-refractivity contribution is 0.289. The number of nitrogens with zero attached hydrogens (tertiary/aromatic N) is 4. The van der Waals surface area contributed by atoms with Gasteiger partial charge in [-0.2, -0.15) is 5.10 Å². The van der Waals surface area contributed by atoms with Crippen molar-refractivity contribution in [3.8, 4) is 0 Å². The smallest absolute Gasteiger partial charge is 0.153 e. The van der Waals surface area contributed by atoms with E-state index in [2.05, 4.69) is 38.0 Å². The zero-order chi connectivity index (χ0) is 13.7. The molecule has 102 valence electrons. The van der Waals surface area contributed by atoms with Crippen molar-refractivity contribution in [1.29, 1.82) is 0 Å². The van der Waals surface area contributed by atoms with Gasteiger partial charge in [0.2, 0.25) is 0 Å². The van der Waals surface area contributed by atoms with Crippen LogP contribution in [0.4, 0.5) is 0 Å². The zero-order valence-electron chi connectivity index (χ0n) is 11.0. The van der Waals surface area contributed by atoms with Crippen LogP contribution in [-0.2, 0) is 13.1 Å². The Morgan fingerprint density at radius 2 is 2.22 bits per heavy atom. The van der Waals surface area contributed by atoms with Gasteiger partial charge in [-0.25, -0.2) is 0 Å². The first kappa shape index (κ1) is 15.0. The number of aromatic nitrogens is 2. The lowest BCUT2D eigenvalue weighted by Gasteiger charge is -2.20. The third-order valence-electron chi connectivity index (χ3n) is 2.79. The van der Waals surface area contributed by atoms with E-state index >= 15 is 0 Å². The summed E-state index contributed by atoms with van der Waals surface area (Å²) >= 11 is 3.56. The molecule has 0 aliphatic carbocycles. The number of amidine groups is 1. The highest BCUT2D eigenvalue weighted by atomic mass is 79.9. The van der Waals surface area contributed by atoms with Gasteiger partial charge in [-0.1, -0.05) is 12.1 Å². The first-order valence-electron chi connectivity index (χ1n) is 5.93. The van der Waals surface area contributed by atoms with Crippen LogP contribution in [0.1, 0.15) is 25.2 Å². The Bertz CT molecular complexity index is 429. The van der Waals surface area contributed by atoms with Crippen molar-refractivity contribution in [2.24, 2.45) is 10.9 Å². The van der Waals surface area contributed by atoms with Crippen LogP contribution in [0.3, 0.4) is 0 Å². The summed E-state index contributed by atoms with van der Waals surface area (Å²) in [4.78, 5) is 2.09. The van der Waals surface area contributed by atoms with Gasteiger partial charge in [0.05, 0.1) is 22.4 Å². The molecular formula is C11H20BrN5O. The Hall–Kier alpha value is -1.08. The average Bonchev–Trinajstić information content (AvgIpc) is 2.65. The fourth-order valence-electron chi connectivity index (χ4n) is 1.77. The molecule has 0 saturated heterocycles. The Kier molecular flexibility index (Phi) is 5.61. The number of hydrogen-bond acceptors (Lipinski definition) is 4. The third kappa shape index (κ3) is 3.46. The molecule has 18 heavy (non-hydrogen) atoms. The fourth-order valence-corrected chi connectivity index (χ4v) is 2.18. The SMILES string of the molecule is CCN(C/C(N)=N/O)Cc1c(Br)c(C)nn1CC. The number of halogens is 1. The molecule has 1 rings (SSSR count). The summed E-state index contributed by atoms with van der Waals surface area (Å²) in [7, 11) is 0. The molecule has 0 aromatic carbocycles. The summed E-state index contributed by atoms with van der Waals surface area (Å²) in [6, 6.07) is 0. The van der Waals surface area contributed by atoms with E-state index < -0.39 is 0 Å². The molecule has 3 N–H and O–H groups in total. The van der Waals surface area contributed by atoms with E-state index in [0.29, 0.717) is 13.1 Å². The quantitative estimate of drug-likeness (QED) is 0.361. The highest BCUT2D eigenvalue weighted by molar-refractivity contribution is 9.10. The Balaban J connectivity index is 2.87. The van der Waals surface area contributed by atoms with Crippen molar-refractivity contribution in [3.63, 3.8) is 0 Å². The summed E-state index contributed by atoms with van der Waals surface area (Å²) < 4.78 is 3.00. The van der Waals surface area contributed by atoms with Gasteiger partial charge in [-0.3, -0.25) is 9.58 Å². The molecule has 1 aromatic heterocycles. The molecular weight excluding hydrogens is 298 g/mol. The van der Waals surface area contributed by atoms with Crippen LogP contribution in [0.15, 0.2) is 9.63 Å². The molecule has 0 atom stereocenters. The number of oxime groups is 1. The van der Waals surface area contributed by atoms with Gasteiger partial charge < -0.3 is 10.9 Å². The minimum Gasteiger partial charge on any atom is -0.409 e. The van der Waals surface area contributed by atoms with E-state index in [9.17, 15) is 0 Å². The van der Waals surface area contributed by atoms with Gasteiger partial charge in [-0.15, -0.1) is 0 Å². The summed E-state index contributed by atoms with van der Waals surface area (Å²) in [5.41, 5.74) is 7.63. The van der Waals surface area contributed by atoms with Gasteiger partial charge in [-0.05, 0) is 36.3 Å². The summed E-state index contributed by atoms with van der Waals surface area (Å²) in [6.07, 6.45) is 0. The van der Waals surface area contributed by atoms with E-state index in [1.807, 2.05) is 18.5 Å². The molecule has 0 unspecified atom stereocenters. The van der Waals surface area contributed by atoms with Crippen LogP contribution >= 0.6 is 15.9 Å². The van der Waals surface area contributed by atoms with Gasteiger partial charge >= 0.3 is 0 Å². The van der Waals surface area contributed by atoms with Gasteiger partial charge in [0.15, 0.2) is 5.84 Å². The van der Waals surface area contributed by atoms with Gasteiger partial charge in [0.25, 0.3) is 0 Å². The lowest BCUT2D eigenvalue weighted by Crippen LogP contribution is -2.34. The number of hydrogen-bond donors (Lipinski definition) is 2. The molecule has 0 radical (unpaired) electrons. The molecule has 0 aliphatic heterocycles. The number of rotatable bonds is 6. The second-order valence-electron chi connectivity index (χ2n) is 4.06. The van der Waals surface area contributed by atoms with Crippen molar-refractivity contribution >= 4 is 21.8 Å². The van der Waals surface area contributed by atoms with Gasteiger partial charge in [0, 0.05) is 13.1 Å². The summed E-state index contributed by atoms with van der Waals surface area (Å²) in [5, 5.41) is 16.1. The van der Waals surface area contributed by atoms with Crippen molar-refractivity contribution in [1.82, 2.24) is 14.7 Å². The topological polar surface area (TPSA) is 79.7 Å². The highest BCUT2D eigenvalue weighted by Crippen LogP contribution is 2.22. The van der Waals surface area contributed by atoms with Crippen LogP contribution in [0.25, 0.3) is 0 Å². The monoisotopic (exact) mass is 317 g/mol. The fraction of sp³-hybridized carbons (Fsp3) is 0.636. The van der Waals surface area contributed by atoms with Gasteiger partial charge in [0.1, 0.15) is 0 Å². The maximum absolute atomic E-state index is 8.61. The Labute approximate surface area is 116 Å². The largest absolute Gasteiger partial charge is 0.409 e. The summed E-state index contributed by atoms with van der Waals surface area (Å²) in [6.45, 7) is 8.86. The van der Waals surface area contributed by atoms with Crippen LogP contribution in [0.2, 0.25) is 0 Å². The number of aryl methyl sites for hydroxylation is 2. The van der Waals surface area contributed by atoms with Crippen molar-refractivity contribution in [3.05, 3.63) is 15.9 Å². The highest BCUT2D eigenvalue weighted by Gasteiger charge is 2.15. The molecule has 0 aliphatic rings. The van der Waals surface area contributed by atoms with Crippen LogP contribution < -0.4 is 5.73 Å². The van der Waals surface area contributed by atoms with E-state index in [-0.39, 0.29) is 5.84 Å². The van der Waals surface area contributed by atoms with Crippen molar-refractivity contribution < 1.29 is 5.21 Å².